The zero-order chi connectivity index (χ0) is 16.5. The van der Waals surface area contributed by atoms with Crippen LogP contribution in [-0.4, -0.2) is 10.1 Å². The summed E-state index contributed by atoms with van der Waals surface area (Å²) in [5.41, 5.74) is 3.26. The van der Waals surface area contributed by atoms with E-state index in [1.165, 1.54) is 23.3 Å². The summed E-state index contributed by atoms with van der Waals surface area (Å²) < 4.78 is 24.7. The van der Waals surface area contributed by atoms with Crippen LogP contribution in [0.1, 0.15) is 47.4 Å². The van der Waals surface area contributed by atoms with Gasteiger partial charge in [-0.2, -0.15) is 4.98 Å². The number of rotatable bonds is 3. The lowest BCUT2D eigenvalue weighted by Gasteiger charge is -2.22. The van der Waals surface area contributed by atoms with Crippen LogP contribution in [0, 0.1) is 5.82 Å². The van der Waals surface area contributed by atoms with Gasteiger partial charge in [-0.05, 0) is 28.8 Å². The van der Waals surface area contributed by atoms with E-state index in [2.05, 4.69) is 22.3 Å². The van der Waals surface area contributed by atoms with Gasteiger partial charge < -0.3 is 9.26 Å². The number of ether oxygens (including phenoxy) is 1. The first-order valence-corrected chi connectivity index (χ1v) is 7.98. The molecule has 5 heteroatoms. The Bertz CT molecular complexity index is 862. The molecule has 3 aromatic rings. The van der Waals surface area contributed by atoms with Gasteiger partial charge in [0.05, 0.1) is 6.61 Å². The predicted octanol–water partition coefficient (Wildman–Crippen LogP) is 4.17. The Hall–Kier alpha value is -2.53. The van der Waals surface area contributed by atoms with E-state index in [0.717, 1.165) is 5.56 Å². The molecule has 1 aliphatic rings. The van der Waals surface area contributed by atoms with Gasteiger partial charge in [0.2, 0.25) is 0 Å². The Morgan fingerprint density at radius 1 is 1.12 bits per heavy atom. The quantitative estimate of drug-likeness (QED) is 0.725. The van der Waals surface area contributed by atoms with Crippen molar-refractivity contribution in [2.24, 2.45) is 0 Å². The van der Waals surface area contributed by atoms with Gasteiger partial charge in [-0.1, -0.05) is 48.5 Å². The summed E-state index contributed by atoms with van der Waals surface area (Å²) in [7, 11) is 0. The fourth-order valence-electron chi connectivity index (χ4n) is 2.98. The third-order valence-corrected chi connectivity index (χ3v) is 4.43. The maximum atomic E-state index is 13.4. The van der Waals surface area contributed by atoms with Gasteiger partial charge in [0.1, 0.15) is 11.9 Å². The summed E-state index contributed by atoms with van der Waals surface area (Å²) in [4.78, 5) is 4.49. The summed E-state index contributed by atoms with van der Waals surface area (Å²) in [6.45, 7) is 2.47. The van der Waals surface area contributed by atoms with Gasteiger partial charge in [0.15, 0.2) is 5.82 Å². The number of fused-ring (bicyclic) bond motifs is 1. The lowest BCUT2D eigenvalue weighted by Crippen LogP contribution is -2.15. The molecule has 2 heterocycles. The van der Waals surface area contributed by atoms with E-state index in [0.29, 0.717) is 24.7 Å². The molecule has 0 saturated heterocycles. The van der Waals surface area contributed by atoms with E-state index >= 15 is 0 Å². The van der Waals surface area contributed by atoms with Crippen LogP contribution in [0.3, 0.4) is 0 Å². The van der Waals surface area contributed by atoms with E-state index in [1.807, 2.05) is 25.1 Å². The minimum atomic E-state index is -0.268. The number of benzene rings is 2. The smallest absolute Gasteiger partial charge is 0.256 e. The molecule has 122 valence electrons. The second-order valence-corrected chi connectivity index (χ2v) is 6.04. The molecule has 0 bridgehead atoms. The van der Waals surface area contributed by atoms with E-state index in [1.54, 1.807) is 6.07 Å². The highest BCUT2D eigenvalue weighted by Crippen LogP contribution is 2.31. The molecule has 4 rings (SSSR count). The van der Waals surface area contributed by atoms with Gasteiger partial charge >= 0.3 is 0 Å². The summed E-state index contributed by atoms with van der Waals surface area (Å²) in [6, 6.07) is 14.6. The normalized spacial score (nSPS) is 18.2. The standard InChI is InChI=1S/C19H17FN2O2/c1-12(13-7-4-8-16(20)9-13)18-21-19(24-22-18)17-10-14-5-2-3-6-15(14)11-23-17/h2-9,12,17H,10-11H2,1H3. The number of hydrogen-bond donors (Lipinski definition) is 0. The molecule has 0 amide bonds. The van der Waals surface area contributed by atoms with Crippen molar-refractivity contribution in [1.82, 2.24) is 10.1 Å². The number of hydrogen-bond acceptors (Lipinski definition) is 4. The molecule has 0 N–H and O–H groups in total. The van der Waals surface area contributed by atoms with Gasteiger partial charge in [-0.25, -0.2) is 4.39 Å². The van der Waals surface area contributed by atoms with Crippen LogP contribution >= 0.6 is 0 Å². The van der Waals surface area contributed by atoms with Crippen LogP contribution < -0.4 is 0 Å². The molecule has 0 radical (unpaired) electrons. The van der Waals surface area contributed by atoms with Crippen LogP contribution in [0.2, 0.25) is 0 Å². The first-order valence-electron chi connectivity index (χ1n) is 7.98. The largest absolute Gasteiger partial charge is 0.363 e. The molecule has 24 heavy (non-hydrogen) atoms. The zero-order valence-corrected chi connectivity index (χ0v) is 13.3. The lowest BCUT2D eigenvalue weighted by molar-refractivity contribution is 0.00689. The summed E-state index contributed by atoms with van der Waals surface area (Å²) >= 11 is 0. The van der Waals surface area contributed by atoms with Crippen molar-refractivity contribution >= 4 is 0 Å². The van der Waals surface area contributed by atoms with Crippen LogP contribution in [0.5, 0.6) is 0 Å². The third-order valence-electron chi connectivity index (χ3n) is 4.43. The fraction of sp³-hybridized carbons (Fsp3) is 0.263. The topological polar surface area (TPSA) is 48.2 Å². The lowest BCUT2D eigenvalue weighted by atomic mass is 9.99. The van der Waals surface area contributed by atoms with Crippen molar-refractivity contribution in [1.29, 1.82) is 0 Å². The SMILES string of the molecule is CC(c1cccc(F)c1)c1noc(C2Cc3ccccc3CO2)n1. The Labute approximate surface area is 139 Å². The van der Waals surface area contributed by atoms with Gasteiger partial charge in [0, 0.05) is 12.3 Å². The fourth-order valence-corrected chi connectivity index (χ4v) is 2.98. The molecule has 4 nitrogen and oxygen atoms in total. The van der Waals surface area contributed by atoms with Crippen LogP contribution in [0.4, 0.5) is 4.39 Å². The monoisotopic (exact) mass is 324 g/mol. The van der Waals surface area contributed by atoms with Gasteiger partial charge in [-0.15, -0.1) is 0 Å². The average molecular weight is 324 g/mol. The average Bonchev–Trinajstić information content (AvgIpc) is 3.11. The van der Waals surface area contributed by atoms with Crippen LogP contribution in [0.15, 0.2) is 53.1 Å². The maximum absolute atomic E-state index is 13.4. The molecule has 0 saturated carbocycles. The molecular formula is C19H17FN2O2. The van der Waals surface area contributed by atoms with E-state index in [9.17, 15) is 4.39 Å². The highest BCUT2D eigenvalue weighted by atomic mass is 19.1. The second kappa shape index (κ2) is 6.17. The molecule has 1 aliphatic heterocycles. The van der Waals surface area contributed by atoms with Gasteiger partial charge in [0.25, 0.3) is 5.89 Å². The van der Waals surface area contributed by atoms with Crippen molar-refractivity contribution in [3.63, 3.8) is 0 Å². The highest BCUT2D eigenvalue weighted by Gasteiger charge is 2.26. The first kappa shape index (κ1) is 15.0. The molecule has 1 aromatic heterocycles. The summed E-state index contributed by atoms with van der Waals surface area (Å²) in [6.07, 6.45) is 0.479. The molecule has 0 fully saturated rings. The summed E-state index contributed by atoms with van der Waals surface area (Å²) in [5.74, 6) is 0.602. The van der Waals surface area contributed by atoms with Crippen LogP contribution in [-0.2, 0) is 17.8 Å². The van der Waals surface area contributed by atoms with E-state index in [4.69, 9.17) is 9.26 Å². The second-order valence-electron chi connectivity index (χ2n) is 6.04. The minimum Gasteiger partial charge on any atom is -0.363 e. The Morgan fingerprint density at radius 2 is 1.96 bits per heavy atom. The Kier molecular flexibility index (Phi) is 3.86. The maximum Gasteiger partial charge on any atom is 0.256 e. The molecule has 0 aliphatic carbocycles. The molecule has 2 aromatic carbocycles. The summed E-state index contributed by atoms with van der Waals surface area (Å²) in [5, 5.41) is 4.06. The van der Waals surface area contributed by atoms with E-state index < -0.39 is 0 Å². The van der Waals surface area contributed by atoms with Crippen molar-refractivity contribution in [3.8, 4) is 0 Å². The molecule has 0 spiro atoms. The third kappa shape index (κ3) is 2.83. The minimum absolute atomic E-state index is 0.144. The number of halogens is 1. The Morgan fingerprint density at radius 3 is 2.79 bits per heavy atom. The molecule has 2 unspecified atom stereocenters. The predicted molar refractivity (Wildman–Crippen MR) is 85.9 cm³/mol. The number of nitrogens with zero attached hydrogens (tertiary/aromatic N) is 2. The molecule has 2 atom stereocenters. The zero-order valence-electron chi connectivity index (χ0n) is 13.3. The molecular weight excluding hydrogens is 307 g/mol. The van der Waals surface area contributed by atoms with Crippen molar-refractivity contribution < 1.29 is 13.7 Å². The van der Waals surface area contributed by atoms with E-state index in [-0.39, 0.29) is 17.8 Å². The van der Waals surface area contributed by atoms with Crippen molar-refractivity contribution in [2.75, 3.05) is 0 Å². The highest BCUT2D eigenvalue weighted by molar-refractivity contribution is 5.29. The Balaban J connectivity index is 1.55. The first-order chi connectivity index (χ1) is 11.7. The number of aromatic nitrogens is 2. The van der Waals surface area contributed by atoms with Gasteiger partial charge in [-0.3, -0.25) is 0 Å². The van der Waals surface area contributed by atoms with Crippen molar-refractivity contribution in [2.45, 2.75) is 32.0 Å². The van der Waals surface area contributed by atoms with Crippen LogP contribution in [0.25, 0.3) is 0 Å². The van der Waals surface area contributed by atoms with Crippen molar-refractivity contribution in [3.05, 3.63) is 82.8 Å².